The third kappa shape index (κ3) is 4.51. The molecule has 8 nitrogen and oxygen atoms in total. The molecule has 0 saturated heterocycles. The van der Waals surface area contributed by atoms with Crippen molar-refractivity contribution in [3.63, 3.8) is 0 Å². The molecule has 0 aliphatic carbocycles. The van der Waals surface area contributed by atoms with Crippen LogP contribution < -0.4 is 19.7 Å². The molecule has 0 fully saturated rings. The maximum absolute atomic E-state index is 13.3. The van der Waals surface area contributed by atoms with Gasteiger partial charge < -0.3 is 15.4 Å². The molecule has 29 heavy (non-hydrogen) atoms. The van der Waals surface area contributed by atoms with Gasteiger partial charge in [-0.2, -0.15) is 0 Å². The van der Waals surface area contributed by atoms with Gasteiger partial charge in [0.1, 0.15) is 5.75 Å². The molecule has 0 saturated carbocycles. The van der Waals surface area contributed by atoms with E-state index in [9.17, 15) is 18.0 Å². The van der Waals surface area contributed by atoms with Crippen LogP contribution >= 0.6 is 0 Å². The number of hydrogen-bond donors (Lipinski definition) is 2. The van der Waals surface area contributed by atoms with Gasteiger partial charge in [-0.3, -0.25) is 13.9 Å². The number of carbonyl (C=O) groups is 2. The molecule has 0 radical (unpaired) electrons. The summed E-state index contributed by atoms with van der Waals surface area (Å²) in [7, 11) is -3.95. The van der Waals surface area contributed by atoms with Crippen molar-refractivity contribution in [2.24, 2.45) is 0 Å². The number of carbonyl (C=O) groups excluding carboxylic acids is 2. The third-order valence-corrected chi connectivity index (χ3v) is 6.13. The predicted octanol–water partition coefficient (Wildman–Crippen LogP) is 2.13. The molecule has 2 aromatic rings. The van der Waals surface area contributed by atoms with E-state index in [1.165, 1.54) is 35.5 Å². The molecule has 0 bridgehead atoms. The van der Waals surface area contributed by atoms with Gasteiger partial charge in [0, 0.05) is 19.2 Å². The minimum Gasteiger partial charge on any atom is -0.476 e. The van der Waals surface area contributed by atoms with Crippen molar-refractivity contribution in [1.29, 1.82) is 0 Å². The van der Waals surface area contributed by atoms with Gasteiger partial charge in [-0.25, -0.2) is 8.42 Å². The van der Waals surface area contributed by atoms with Crippen LogP contribution in [0.25, 0.3) is 0 Å². The summed E-state index contributed by atoms with van der Waals surface area (Å²) in [5.41, 5.74) is 0.869. The monoisotopic (exact) mass is 417 g/mol. The van der Waals surface area contributed by atoms with E-state index in [-0.39, 0.29) is 23.3 Å². The second kappa shape index (κ2) is 8.52. The first-order chi connectivity index (χ1) is 13.8. The standard InChI is InChI=1S/C20H23N3O5S/c1-3-12-21-20(25)19-13-23(17-6-4-5-7-18(17)28-19)29(26,27)16-10-8-15(9-11-16)22-14(2)24/h4-11,19H,3,12-13H2,1-2H3,(H,21,25)(H,22,24). The average molecular weight is 417 g/mol. The Kier molecular flexibility index (Phi) is 6.07. The number of hydrogen-bond acceptors (Lipinski definition) is 5. The van der Waals surface area contributed by atoms with Gasteiger partial charge in [-0.15, -0.1) is 0 Å². The van der Waals surface area contributed by atoms with Crippen LogP contribution in [0.5, 0.6) is 5.75 Å². The number of anilines is 2. The molecule has 154 valence electrons. The highest BCUT2D eigenvalue weighted by molar-refractivity contribution is 7.92. The number of fused-ring (bicyclic) bond motifs is 1. The highest BCUT2D eigenvalue weighted by Gasteiger charge is 2.37. The van der Waals surface area contributed by atoms with Gasteiger partial charge in [0.25, 0.3) is 15.9 Å². The van der Waals surface area contributed by atoms with Crippen LogP contribution in [0, 0.1) is 0 Å². The maximum atomic E-state index is 13.3. The Balaban J connectivity index is 1.94. The highest BCUT2D eigenvalue weighted by atomic mass is 32.2. The second-order valence-electron chi connectivity index (χ2n) is 6.61. The second-order valence-corrected chi connectivity index (χ2v) is 8.47. The summed E-state index contributed by atoms with van der Waals surface area (Å²) in [5, 5.41) is 5.34. The van der Waals surface area contributed by atoms with Crippen LogP contribution in [0.4, 0.5) is 11.4 Å². The van der Waals surface area contributed by atoms with Crippen LogP contribution in [0.15, 0.2) is 53.4 Å². The zero-order valence-electron chi connectivity index (χ0n) is 16.2. The lowest BCUT2D eigenvalue weighted by Crippen LogP contribution is -2.50. The number of nitrogens with zero attached hydrogens (tertiary/aromatic N) is 1. The van der Waals surface area contributed by atoms with E-state index in [4.69, 9.17) is 4.74 Å². The van der Waals surface area contributed by atoms with Gasteiger partial charge in [-0.05, 0) is 42.8 Å². The van der Waals surface area contributed by atoms with Crippen molar-refractivity contribution in [1.82, 2.24) is 5.32 Å². The Bertz CT molecular complexity index is 1010. The van der Waals surface area contributed by atoms with E-state index < -0.39 is 16.1 Å². The van der Waals surface area contributed by atoms with Crippen molar-refractivity contribution >= 4 is 33.2 Å². The normalized spacial score (nSPS) is 15.8. The molecule has 2 aromatic carbocycles. The first-order valence-corrected chi connectivity index (χ1v) is 10.7. The van der Waals surface area contributed by atoms with Crippen LogP contribution in [-0.4, -0.2) is 39.4 Å². The summed E-state index contributed by atoms with van der Waals surface area (Å²) in [6, 6.07) is 12.6. The van der Waals surface area contributed by atoms with Crippen molar-refractivity contribution in [3.05, 3.63) is 48.5 Å². The summed E-state index contributed by atoms with van der Waals surface area (Å²) in [5.74, 6) is -0.278. The van der Waals surface area contributed by atoms with E-state index in [1.54, 1.807) is 24.3 Å². The highest BCUT2D eigenvalue weighted by Crippen LogP contribution is 2.36. The Morgan fingerprint density at radius 3 is 2.48 bits per heavy atom. The largest absolute Gasteiger partial charge is 0.476 e. The molecule has 1 aliphatic heterocycles. The van der Waals surface area contributed by atoms with E-state index in [0.29, 0.717) is 23.7 Å². The fraction of sp³-hybridized carbons (Fsp3) is 0.300. The molecule has 0 spiro atoms. The van der Waals surface area contributed by atoms with E-state index in [1.807, 2.05) is 6.92 Å². The zero-order chi connectivity index (χ0) is 21.0. The topological polar surface area (TPSA) is 105 Å². The molecule has 1 aliphatic rings. The Morgan fingerprint density at radius 1 is 1.14 bits per heavy atom. The number of benzene rings is 2. The third-order valence-electron chi connectivity index (χ3n) is 4.34. The lowest BCUT2D eigenvalue weighted by atomic mass is 10.2. The van der Waals surface area contributed by atoms with E-state index in [0.717, 1.165) is 6.42 Å². The molecule has 1 atom stereocenters. The molecule has 1 heterocycles. The van der Waals surface area contributed by atoms with Crippen molar-refractivity contribution in [2.75, 3.05) is 22.7 Å². The molecule has 0 aromatic heterocycles. The van der Waals surface area contributed by atoms with Gasteiger partial charge >= 0.3 is 0 Å². The molecular formula is C20H23N3O5S. The average Bonchev–Trinajstić information content (AvgIpc) is 2.71. The number of para-hydroxylation sites is 2. The summed E-state index contributed by atoms with van der Waals surface area (Å²) in [6.07, 6.45) is -0.192. The quantitative estimate of drug-likeness (QED) is 0.749. The van der Waals surface area contributed by atoms with Crippen LogP contribution in [-0.2, 0) is 19.6 Å². The lowest BCUT2D eigenvalue weighted by Gasteiger charge is -2.34. The fourth-order valence-electron chi connectivity index (χ4n) is 2.97. The summed E-state index contributed by atoms with van der Waals surface area (Å²) < 4.78 is 33.6. The Hall–Kier alpha value is -3.07. The first kappa shape index (κ1) is 20.7. The van der Waals surface area contributed by atoms with Gasteiger partial charge in [0.2, 0.25) is 5.91 Å². The van der Waals surface area contributed by atoms with Crippen molar-refractivity contribution in [3.8, 4) is 5.75 Å². The number of amides is 2. The minimum atomic E-state index is -3.95. The molecule has 3 rings (SSSR count). The first-order valence-electron chi connectivity index (χ1n) is 9.26. The van der Waals surface area contributed by atoms with Gasteiger partial charge in [0.15, 0.2) is 6.10 Å². The van der Waals surface area contributed by atoms with Crippen molar-refractivity contribution < 1.29 is 22.7 Å². The number of sulfonamides is 1. The van der Waals surface area contributed by atoms with Crippen LogP contribution in [0.3, 0.4) is 0 Å². The molecule has 2 N–H and O–H groups in total. The smallest absolute Gasteiger partial charge is 0.264 e. The summed E-state index contributed by atoms with van der Waals surface area (Å²) >= 11 is 0. The van der Waals surface area contributed by atoms with Crippen molar-refractivity contribution in [2.45, 2.75) is 31.3 Å². The van der Waals surface area contributed by atoms with E-state index in [2.05, 4.69) is 10.6 Å². The zero-order valence-corrected chi connectivity index (χ0v) is 17.0. The molecule has 2 amide bonds. The minimum absolute atomic E-state index is 0.0519. The van der Waals surface area contributed by atoms with Gasteiger partial charge in [0.05, 0.1) is 17.1 Å². The Morgan fingerprint density at radius 2 is 1.83 bits per heavy atom. The van der Waals surface area contributed by atoms with Crippen LogP contribution in [0.2, 0.25) is 0 Å². The van der Waals surface area contributed by atoms with Gasteiger partial charge in [-0.1, -0.05) is 19.1 Å². The molecular weight excluding hydrogens is 394 g/mol. The number of ether oxygens (including phenoxy) is 1. The fourth-order valence-corrected chi connectivity index (χ4v) is 4.45. The lowest BCUT2D eigenvalue weighted by molar-refractivity contribution is -0.127. The SMILES string of the molecule is CCCNC(=O)C1CN(S(=O)(=O)c2ccc(NC(C)=O)cc2)c2ccccc2O1. The summed E-state index contributed by atoms with van der Waals surface area (Å²) in [4.78, 5) is 23.6. The molecule has 9 heteroatoms. The number of rotatable bonds is 6. The Labute approximate surface area is 169 Å². The van der Waals surface area contributed by atoms with Crippen LogP contribution in [0.1, 0.15) is 20.3 Å². The van der Waals surface area contributed by atoms with E-state index >= 15 is 0 Å². The predicted molar refractivity (Wildman–Crippen MR) is 109 cm³/mol. The molecule has 1 unspecified atom stereocenters. The maximum Gasteiger partial charge on any atom is 0.264 e. The number of nitrogens with one attached hydrogen (secondary N) is 2. The summed E-state index contributed by atoms with van der Waals surface area (Å²) in [6.45, 7) is 3.65.